The number of likely N-dealkylation sites (tertiary alicyclic amines) is 1. The molecule has 110 valence electrons. The molecule has 1 aromatic heterocycles. The first-order valence-electron chi connectivity index (χ1n) is 6.67. The Kier molecular flexibility index (Phi) is 4.26. The first-order chi connectivity index (χ1) is 9.47. The summed E-state index contributed by atoms with van der Waals surface area (Å²) in [6, 6.07) is 1.49. The molecule has 1 aromatic rings. The normalized spacial score (nSPS) is 22.6. The third-order valence-electron chi connectivity index (χ3n) is 3.58. The van der Waals surface area contributed by atoms with E-state index in [4.69, 9.17) is 9.63 Å². The van der Waals surface area contributed by atoms with E-state index >= 15 is 0 Å². The van der Waals surface area contributed by atoms with Crippen LogP contribution in [0.1, 0.15) is 31.2 Å². The van der Waals surface area contributed by atoms with Crippen LogP contribution in [-0.2, 0) is 11.3 Å². The van der Waals surface area contributed by atoms with Crippen LogP contribution in [-0.4, -0.2) is 39.8 Å². The van der Waals surface area contributed by atoms with Crippen LogP contribution in [0, 0.1) is 12.8 Å². The molecular weight excluding hydrogens is 262 g/mol. The van der Waals surface area contributed by atoms with Gasteiger partial charge in [-0.15, -0.1) is 0 Å². The highest BCUT2D eigenvalue weighted by Crippen LogP contribution is 2.22. The molecule has 0 saturated carbocycles. The van der Waals surface area contributed by atoms with Crippen LogP contribution in [0.3, 0.4) is 0 Å². The van der Waals surface area contributed by atoms with Gasteiger partial charge in [-0.3, -0.25) is 4.79 Å². The number of rotatable bonds is 3. The number of carbonyl (C=O) groups excluding carboxylic acids is 1. The Hall–Kier alpha value is -2.05. The fourth-order valence-corrected chi connectivity index (χ4v) is 2.47. The zero-order valence-electron chi connectivity index (χ0n) is 11.6. The number of urea groups is 1. The summed E-state index contributed by atoms with van der Waals surface area (Å²) in [6.07, 6.45) is 0.988. The molecule has 2 rings (SSSR count). The molecule has 2 unspecified atom stereocenters. The monoisotopic (exact) mass is 281 g/mol. The van der Waals surface area contributed by atoms with Crippen molar-refractivity contribution in [2.75, 3.05) is 6.54 Å². The Morgan fingerprint density at radius 1 is 1.60 bits per heavy atom. The van der Waals surface area contributed by atoms with Gasteiger partial charge in [-0.2, -0.15) is 0 Å². The molecule has 7 heteroatoms. The Morgan fingerprint density at radius 3 is 2.90 bits per heavy atom. The lowest BCUT2D eigenvalue weighted by Crippen LogP contribution is -2.50. The number of nitrogens with zero attached hydrogens (tertiary/aromatic N) is 2. The van der Waals surface area contributed by atoms with Crippen molar-refractivity contribution < 1.29 is 19.2 Å². The Morgan fingerprint density at radius 2 is 2.35 bits per heavy atom. The van der Waals surface area contributed by atoms with E-state index in [2.05, 4.69) is 10.5 Å². The second-order valence-electron chi connectivity index (χ2n) is 5.19. The van der Waals surface area contributed by atoms with E-state index < -0.39 is 5.97 Å². The summed E-state index contributed by atoms with van der Waals surface area (Å²) in [6.45, 7) is 4.43. The number of hydrogen-bond acceptors (Lipinski definition) is 4. The number of hydrogen-bond donors (Lipinski definition) is 2. The highest BCUT2D eigenvalue weighted by molar-refractivity contribution is 5.75. The van der Waals surface area contributed by atoms with Crippen LogP contribution >= 0.6 is 0 Å². The van der Waals surface area contributed by atoms with Gasteiger partial charge >= 0.3 is 12.0 Å². The number of carbonyl (C=O) groups is 2. The fourth-order valence-electron chi connectivity index (χ4n) is 2.47. The summed E-state index contributed by atoms with van der Waals surface area (Å²) in [5, 5.41) is 15.6. The van der Waals surface area contributed by atoms with Crippen LogP contribution in [0.15, 0.2) is 10.6 Å². The maximum Gasteiger partial charge on any atom is 0.317 e. The number of piperidine rings is 1. The van der Waals surface area contributed by atoms with E-state index in [-0.39, 0.29) is 18.0 Å². The maximum atomic E-state index is 12.1. The Labute approximate surface area is 116 Å². The van der Waals surface area contributed by atoms with Gasteiger partial charge in [0.15, 0.2) is 0 Å². The summed E-state index contributed by atoms with van der Waals surface area (Å²) in [7, 11) is 0. The molecule has 2 heterocycles. The van der Waals surface area contributed by atoms with Crippen molar-refractivity contribution >= 4 is 12.0 Å². The number of aromatic nitrogens is 1. The van der Waals surface area contributed by atoms with E-state index in [1.54, 1.807) is 17.9 Å². The van der Waals surface area contributed by atoms with Gasteiger partial charge in [-0.25, -0.2) is 4.79 Å². The van der Waals surface area contributed by atoms with Gasteiger partial charge in [0, 0.05) is 18.7 Å². The zero-order chi connectivity index (χ0) is 14.7. The van der Waals surface area contributed by atoms with E-state index in [9.17, 15) is 9.59 Å². The summed E-state index contributed by atoms with van der Waals surface area (Å²) in [5.41, 5.74) is 0.670. The van der Waals surface area contributed by atoms with Crippen molar-refractivity contribution in [2.24, 2.45) is 5.92 Å². The van der Waals surface area contributed by atoms with Gasteiger partial charge in [0.2, 0.25) is 0 Å². The number of nitrogens with one attached hydrogen (secondary N) is 1. The molecule has 7 nitrogen and oxygen atoms in total. The second kappa shape index (κ2) is 5.94. The number of carboxylic acid groups (broad SMARTS) is 1. The first-order valence-corrected chi connectivity index (χ1v) is 6.67. The first kappa shape index (κ1) is 14.4. The number of amides is 2. The molecule has 1 aliphatic rings. The minimum atomic E-state index is -0.782. The summed E-state index contributed by atoms with van der Waals surface area (Å²) in [5.74, 6) is -0.438. The minimum absolute atomic E-state index is 0.0797. The minimum Gasteiger partial charge on any atom is -0.481 e. The van der Waals surface area contributed by atoms with Crippen molar-refractivity contribution in [3.05, 3.63) is 17.5 Å². The molecule has 2 N–H and O–H groups in total. The standard InChI is InChI=1S/C13H19N3O4/c1-8-5-10(12(17)18)3-4-16(8)13(19)14-7-11-6-9(2)20-15-11/h6,8,10H,3-5,7H2,1-2H3,(H,14,19)(H,17,18). The Bertz CT molecular complexity index is 500. The lowest BCUT2D eigenvalue weighted by atomic mass is 9.92. The predicted octanol–water partition coefficient (Wildman–Crippen LogP) is 1.38. The van der Waals surface area contributed by atoms with Gasteiger partial charge in [0.25, 0.3) is 0 Å². The third kappa shape index (κ3) is 3.28. The smallest absolute Gasteiger partial charge is 0.317 e. The molecule has 2 amide bonds. The molecule has 1 fully saturated rings. The highest BCUT2D eigenvalue weighted by Gasteiger charge is 2.32. The van der Waals surface area contributed by atoms with Crippen LogP contribution in [0.5, 0.6) is 0 Å². The van der Waals surface area contributed by atoms with Gasteiger partial charge in [0.1, 0.15) is 11.5 Å². The SMILES string of the molecule is Cc1cc(CNC(=O)N2CCC(C(=O)O)CC2C)no1. The lowest BCUT2D eigenvalue weighted by Gasteiger charge is -2.36. The number of aliphatic carboxylic acids is 1. The fraction of sp³-hybridized carbons (Fsp3) is 0.615. The Balaban J connectivity index is 1.85. The molecular formula is C13H19N3O4. The van der Waals surface area contributed by atoms with E-state index in [0.29, 0.717) is 37.4 Å². The van der Waals surface area contributed by atoms with Crippen molar-refractivity contribution in [3.63, 3.8) is 0 Å². The third-order valence-corrected chi connectivity index (χ3v) is 3.58. The molecule has 0 aliphatic carbocycles. The van der Waals surface area contributed by atoms with Crippen molar-refractivity contribution in [2.45, 2.75) is 39.3 Å². The maximum absolute atomic E-state index is 12.1. The van der Waals surface area contributed by atoms with Gasteiger partial charge in [0.05, 0.1) is 12.5 Å². The van der Waals surface area contributed by atoms with Crippen molar-refractivity contribution in [1.82, 2.24) is 15.4 Å². The number of carboxylic acids is 1. The van der Waals surface area contributed by atoms with Gasteiger partial charge in [-0.1, -0.05) is 5.16 Å². The number of aryl methyl sites for hydroxylation is 1. The van der Waals surface area contributed by atoms with Crippen LogP contribution in [0.4, 0.5) is 4.79 Å². The van der Waals surface area contributed by atoms with E-state index in [1.807, 2.05) is 6.92 Å². The molecule has 0 aromatic carbocycles. The van der Waals surface area contributed by atoms with E-state index in [1.165, 1.54) is 0 Å². The molecule has 0 radical (unpaired) electrons. The average Bonchev–Trinajstić information content (AvgIpc) is 2.81. The quantitative estimate of drug-likeness (QED) is 0.872. The molecule has 20 heavy (non-hydrogen) atoms. The molecule has 2 atom stereocenters. The predicted molar refractivity (Wildman–Crippen MR) is 70.0 cm³/mol. The summed E-state index contributed by atoms with van der Waals surface area (Å²) < 4.78 is 4.92. The summed E-state index contributed by atoms with van der Waals surface area (Å²) in [4.78, 5) is 24.7. The van der Waals surface area contributed by atoms with Crippen LogP contribution < -0.4 is 5.32 Å². The lowest BCUT2D eigenvalue weighted by molar-refractivity contribution is -0.143. The second-order valence-corrected chi connectivity index (χ2v) is 5.19. The zero-order valence-corrected chi connectivity index (χ0v) is 11.6. The van der Waals surface area contributed by atoms with Crippen molar-refractivity contribution in [3.8, 4) is 0 Å². The molecule has 1 aliphatic heterocycles. The van der Waals surface area contributed by atoms with Crippen molar-refractivity contribution in [1.29, 1.82) is 0 Å². The highest BCUT2D eigenvalue weighted by atomic mass is 16.5. The molecule has 0 bridgehead atoms. The molecule has 1 saturated heterocycles. The topological polar surface area (TPSA) is 95.7 Å². The van der Waals surface area contributed by atoms with Crippen LogP contribution in [0.2, 0.25) is 0 Å². The van der Waals surface area contributed by atoms with Gasteiger partial charge in [-0.05, 0) is 26.7 Å². The van der Waals surface area contributed by atoms with Crippen LogP contribution in [0.25, 0.3) is 0 Å². The van der Waals surface area contributed by atoms with Gasteiger partial charge < -0.3 is 19.8 Å². The summed E-state index contributed by atoms with van der Waals surface area (Å²) >= 11 is 0. The average molecular weight is 281 g/mol. The largest absolute Gasteiger partial charge is 0.481 e. The molecule has 0 spiro atoms. The van der Waals surface area contributed by atoms with E-state index in [0.717, 1.165) is 0 Å².